The van der Waals surface area contributed by atoms with Crippen molar-refractivity contribution in [3.05, 3.63) is 70.4 Å². The lowest BCUT2D eigenvalue weighted by Gasteiger charge is -2.19. The smallest absolute Gasteiger partial charge is 0.227 e. The molecule has 1 N–H and O–H groups in total. The van der Waals surface area contributed by atoms with E-state index in [0.717, 1.165) is 11.1 Å². The lowest BCUT2D eigenvalue weighted by atomic mass is 9.87. The molecule has 0 fully saturated rings. The average Bonchev–Trinajstić information content (AvgIpc) is 3.49. The van der Waals surface area contributed by atoms with Crippen LogP contribution >= 0.6 is 11.3 Å². The Balaban J connectivity index is 1.33. The molecule has 4 rings (SSSR count). The predicted octanol–water partition coefficient (Wildman–Crippen LogP) is 4.91. The van der Waals surface area contributed by atoms with Gasteiger partial charge < -0.3 is 9.84 Å². The Morgan fingerprint density at radius 2 is 1.97 bits per heavy atom. The molecular formula is C23H25N5O2S. The van der Waals surface area contributed by atoms with E-state index in [4.69, 9.17) is 4.52 Å². The van der Waals surface area contributed by atoms with Crippen LogP contribution in [-0.4, -0.2) is 25.8 Å². The van der Waals surface area contributed by atoms with Gasteiger partial charge in [0.1, 0.15) is 5.82 Å². The predicted molar refractivity (Wildman–Crippen MR) is 121 cm³/mol. The summed E-state index contributed by atoms with van der Waals surface area (Å²) in [5, 5.41) is 15.2. The van der Waals surface area contributed by atoms with Crippen LogP contribution in [0.1, 0.15) is 44.2 Å². The largest absolute Gasteiger partial charge is 0.339 e. The van der Waals surface area contributed by atoms with Gasteiger partial charge in [-0.1, -0.05) is 50.2 Å². The molecule has 31 heavy (non-hydrogen) atoms. The van der Waals surface area contributed by atoms with Gasteiger partial charge in [-0.15, -0.1) is 0 Å². The van der Waals surface area contributed by atoms with Crippen molar-refractivity contribution < 1.29 is 9.32 Å². The molecule has 4 aromatic rings. The molecule has 3 aromatic heterocycles. The normalized spacial score (nSPS) is 11.6. The number of carbonyl (C=O) groups is 1. The minimum absolute atomic E-state index is 0.117. The summed E-state index contributed by atoms with van der Waals surface area (Å²) in [5.74, 6) is 1.53. The summed E-state index contributed by atoms with van der Waals surface area (Å²) in [5.41, 5.74) is 3.45. The maximum atomic E-state index is 12.4. The Morgan fingerprint density at radius 1 is 1.16 bits per heavy atom. The Hall–Kier alpha value is -3.26. The van der Waals surface area contributed by atoms with Gasteiger partial charge in [0.25, 0.3) is 0 Å². The van der Waals surface area contributed by atoms with Crippen molar-refractivity contribution in [2.75, 3.05) is 5.32 Å². The summed E-state index contributed by atoms with van der Waals surface area (Å²) >= 11 is 1.57. The van der Waals surface area contributed by atoms with Crippen LogP contribution in [0, 0.1) is 0 Å². The number of thiophene rings is 1. The number of hydrogen-bond donors (Lipinski definition) is 1. The highest BCUT2D eigenvalue weighted by molar-refractivity contribution is 7.08. The van der Waals surface area contributed by atoms with Gasteiger partial charge in [0.15, 0.2) is 0 Å². The van der Waals surface area contributed by atoms with Crippen molar-refractivity contribution in [3.63, 3.8) is 0 Å². The number of hydrogen-bond acceptors (Lipinski definition) is 6. The fourth-order valence-electron chi connectivity index (χ4n) is 3.14. The monoisotopic (exact) mass is 435 g/mol. The molecule has 0 saturated carbocycles. The summed E-state index contributed by atoms with van der Waals surface area (Å²) in [4.78, 5) is 16.8. The molecule has 1 amide bonds. The number of aromatic nitrogens is 4. The van der Waals surface area contributed by atoms with Crippen LogP contribution in [0.3, 0.4) is 0 Å². The fourth-order valence-corrected chi connectivity index (χ4v) is 3.77. The Bertz CT molecular complexity index is 1140. The third-order valence-corrected chi connectivity index (χ3v) is 5.63. The molecule has 0 unspecified atom stereocenters. The molecular weight excluding hydrogens is 410 g/mol. The molecule has 0 saturated heterocycles. The number of nitrogens with one attached hydrogen (secondary N) is 1. The first-order valence-corrected chi connectivity index (χ1v) is 11.1. The van der Waals surface area contributed by atoms with Crippen molar-refractivity contribution in [1.82, 2.24) is 19.9 Å². The molecule has 0 spiro atoms. The SMILES string of the molecule is CC(C)(C)c1ccc(Cn2nccc2NC(=O)CCc2nc(-c3ccsc3)no2)cc1. The first-order chi connectivity index (χ1) is 14.9. The Kier molecular flexibility index (Phi) is 5.99. The van der Waals surface area contributed by atoms with Crippen molar-refractivity contribution in [3.8, 4) is 11.4 Å². The Labute approximate surface area is 185 Å². The quantitative estimate of drug-likeness (QED) is 0.446. The van der Waals surface area contributed by atoms with Gasteiger partial charge in [0, 0.05) is 29.9 Å². The average molecular weight is 436 g/mol. The second-order valence-corrected chi connectivity index (χ2v) is 9.17. The zero-order chi connectivity index (χ0) is 21.8. The number of anilines is 1. The second kappa shape index (κ2) is 8.85. The molecule has 0 radical (unpaired) electrons. The van der Waals surface area contributed by atoms with E-state index >= 15 is 0 Å². The lowest BCUT2D eigenvalue weighted by Crippen LogP contribution is -2.16. The van der Waals surface area contributed by atoms with Crippen LogP contribution in [0.4, 0.5) is 5.82 Å². The maximum absolute atomic E-state index is 12.4. The molecule has 0 aliphatic heterocycles. The second-order valence-electron chi connectivity index (χ2n) is 8.39. The highest BCUT2D eigenvalue weighted by Crippen LogP contribution is 2.23. The number of nitrogens with zero attached hydrogens (tertiary/aromatic N) is 4. The van der Waals surface area contributed by atoms with E-state index in [9.17, 15) is 4.79 Å². The standard InChI is InChI=1S/C23H25N5O2S/c1-23(2,3)18-6-4-16(5-7-18)14-28-19(10-12-24-28)25-20(29)8-9-21-26-22(27-30-21)17-11-13-31-15-17/h4-7,10-13,15H,8-9,14H2,1-3H3,(H,25,29). The van der Waals surface area contributed by atoms with Crippen molar-refractivity contribution in [1.29, 1.82) is 0 Å². The highest BCUT2D eigenvalue weighted by Gasteiger charge is 2.14. The number of amides is 1. The van der Waals surface area contributed by atoms with Crippen molar-refractivity contribution in [2.24, 2.45) is 0 Å². The minimum atomic E-state index is -0.125. The minimum Gasteiger partial charge on any atom is -0.339 e. The topological polar surface area (TPSA) is 85.8 Å². The van der Waals surface area contributed by atoms with E-state index in [2.05, 4.69) is 65.6 Å². The Morgan fingerprint density at radius 3 is 2.68 bits per heavy atom. The first kappa shape index (κ1) is 21.0. The number of rotatable bonds is 7. The zero-order valence-electron chi connectivity index (χ0n) is 17.8. The third kappa shape index (κ3) is 5.27. The summed E-state index contributed by atoms with van der Waals surface area (Å²) in [6.45, 7) is 7.17. The van der Waals surface area contributed by atoms with Crippen LogP contribution in [0.15, 0.2) is 57.9 Å². The van der Waals surface area contributed by atoms with Gasteiger partial charge in [0.05, 0.1) is 12.7 Å². The van der Waals surface area contributed by atoms with Gasteiger partial charge in [-0.25, -0.2) is 4.68 Å². The molecule has 0 aliphatic rings. The van der Waals surface area contributed by atoms with Crippen LogP contribution in [0.2, 0.25) is 0 Å². The van der Waals surface area contributed by atoms with Crippen molar-refractivity contribution in [2.45, 2.75) is 45.6 Å². The van der Waals surface area contributed by atoms with E-state index in [0.29, 0.717) is 30.5 Å². The molecule has 160 valence electrons. The van der Waals surface area contributed by atoms with E-state index < -0.39 is 0 Å². The molecule has 7 nitrogen and oxygen atoms in total. The van der Waals surface area contributed by atoms with E-state index in [1.54, 1.807) is 28.3 Å². The van der Waals surface area contributed by atoms with Crippen LogP contribution in [0.5, 0.6) is 0 Å². The van der Waals surface area contributed by atoms with Crippen molar-refractivity contribution >= 4 is 23.1 Å². The number of carbonyl (C=O) groups excluding carboxylic acids is 1. The van der Waals surface area contributed by atoms with Gasteiger partial charge in [-0.05, 0) is 28.0 Å². The maximum Gasteiger partial charge on any atom is 0.227 e. The lowest BCUT2D eigenvalue weighted by molar-refractivity contribution is -0.116. The number of benzene rings is 1. The molecule has 0 bridgehead atoms. The van der Waals surface area contributed by atoms with Crippen LogP contribution < -0.4 is 5.32 Å². The fraction of sp³-hybridized carbons (Fsp3) is 0.304. The van der Waals surface area contributed by atoms with Crippen LogP contribution in [-0.2, 0) is 23.2 Å². The van der Waals surface area contributed by atoms with Gasteiger partial charge in [-0.2, -0.15) is 21.4 Å². The summed E-state index contributed by atoms with van der Waals surface area (Å²) in [6, 6.07) is 12.2. The zero-order valence-corrected chi connectivity index (χ0v) is 18.6. The third-order valence-electron chi connectivity index (χ3n) is 4.95. The summed E-state index contributed by atoms with van der Waals surface area (Å²) in [7, 11) is 0. The van der Waals surface area contributed by atoms with E-state index in [-0.39, 0.29) is 17.7 Å². The molecule has 0 aliphatic carbocycles. The molecule has 3 heterocycles. The van der Waals surface area contributed by atoms with Gasteiger partial charge in [-0.3, -0.25) is 4.79 Å². The van der Waals surface area contributed by atoms with E-state index in [1.165, 1.54) is 5.56 Å². The summed E-state index contributed by atoms with van der Waals surface area (Å²) < 4.78 is 7.04. The van der Waals surface area contributed by atoms with E-state index in [1.807, 2.05) is 16.8 Å². The highest BCUT2D eigenvalue weighted by atomic mass is 32.1. The molecule has 1 aromatic carbocycles. The summed E-state index contributed by atoms with van der Waals surface area (Å²) in [6.07, 6.45) is 2.31. The molecule has 0 atom stereocenters. The van der Waals surface area contributed by atoms with Gasteiger partial charge in [0.2, 0.25) is 17.6 Å². The van der Waals surface area contributed by atoms with Crippen LogP contribution in [0.25, 0.3) is 11.4 Å². The number of aryl methyl sites for hydroxylation is 1. The molecule has 8 heteroatoms. The first-order valence-electron chi connectivity index (χ1n) is 10.1. The van der Waals surface area contributed by atoms with Gasteiger partial charge >= 0.3 is 0 Å².